The second kappa shape index (κ2) is 9.71. The van der Waals surface area contributed by atoms with Crippen LogP contribution in [0.25, 0.3) is 0 Å². The number of carbonyl (C=O) groups excluding carboxylic acids is 1. The Morgan fingerprint density at radius 2 is 2.11 bits per heavy atom. The van der Waals surface area contributed by atoms with E-state index in [9.17, 15) is 13.2 Å². The first kappa shape index (κ1) is 22.6. The maximum absolute atomic E-state index is 12.8. The number of carbonyl (C=O) groups is 1. The molecule has 0 bridgehead atoms. The van der Waals surface area contributed by atoms with Gasteiger partial charge in [0.15, 0.2) is 0 Å². The summed E-state index contributed by atoms with van der Waals surface area (Å²) < 4.78 is 33.6. The molecular formula is C20H33N3O4S. The van der Waals surface area contributed by atoms with Crippen LogP contribution in [-0.2, 0) is 14.8 Å². The molecular weight excluding hydrogens is 378 g/mol. The van der Waals surface area contributed by atoms with Crippen LogP contribution in [0.3, 0.4) is 0 Å². The van der Waals surface area contributed by atoms with Crippen molar-refractivity contribution >= 4 is 15.9 Å². The Morgan fingerprint density at radius 1 is 1.39 bits per heavy atom. The molecule has 1 heterocycles. The van der Waals surface area contributed by atoms with Crippen LogP contribution in [0.1, 0.15) is 50.2 Å². The highest BCUT2D eigenvalue weighted by Crippen LogP contribution is 2.31. The minimum Gasteiger partial charge on any atom is -0.495 e. The quantitative estimate of drug-likeness (QED) is 0.605. The summed E-state index contributed by atoms with van der Waals surface area (Å²) in [6.07, 6.45) is 2.44. The summed E-state index contributed by atoms with van der Waals surface area (Å²) >= 11 is 0. The fourth-order valence-electron chi connectivity index (χ4n) is 3.75. The minimum atomic E-state index is -3.67. The Kier molecular flexibility index (Phi) is 7.86. The molecule has 158 valence electrons. The lowest BCUT2D eigenvalue weighted by Gasteiger charge is -2.31. The normalized spacial score (nSPS) is 18.4. The van der Waals surface area contributed by atoms with Crippen molar-refractivity contribution in [3.05, 3.63) is 23.3 Å². The largest absolute Gasteiger partial charge is 0.495 e. The van der Waals surface area contributed by atoms with Gasteiger partial charge in [-0.3, -0.25) is 4.79 Å². The third kappa shape index (κ3) is 5.68. The molecule has 7 nitrogen and oxygen atoms in total. The summed E-state index contributed by atoms with van der Waals surface area (Å²) in [5, 5.41) is 0. The molecule has 1 aromatic carbocycles. The van der Waals surface area contributed by atoms with Gasteiger partial charge in [-0.2, -0.15) is 0 Å². The summed E-state index contributed by atoms with van der Waals surface area (Å²) in [6, 6.07) is 3.49. The van der Waals surface area contributed by atoms with E-state index in [0.29, 0.717) is 25.3 Å². The van der Waals surface area contributed by atoms with Gasteiger partial charge in [0, 0.05) is 13.1 Å². The zero-order chi connectivity index (χ0) is 20.9. The number of benzene rings is 1. The van der Waals surface area contributed by atoms with Crippen LogP contribution in [0.5, 0.6) is 5.75 Å². The third-order valence-corrected chi connectivity index (χ3v) is 6.80. The molecule has 0 unspecified atom stereocenters. The SMILES string of the molecule is COc1cc(C)c(C(C)C)cc1S(=O)(=O)NCCCN1CCC[C@@H](C(N)=O)C1. The van der Waals surface area contributed by atoms with E-state index in [1.165, 1.54) is 7.11 Å². The highest BCUT2D eigenvalue weighted by atomic mass is 32.2. The Bertz CT molecular complexity index is 793. The summed E-state index contributed by atoms with van der Waals surface area (Å²) in [5.74, 6) is 0.224. The van der Waals surface area contributed by atoms with E-state index >= 15 is 0 Å². The Morgan fingerprint density at radius 3 is 2.71 bits per heavy atom. The minimum absolute atomic E-state index is 0.100. The maximum Gasteiger partial charge on any atom is 0.244 e. The molecule has 1 aromatic rings. The lowest BCUT2D eigenvalue weighted by Crippen LogP contribution is -2.42. The molecule has 0 aliphatic carbocycles. The van der Waals surface area contributed by atoms with Crippen molar-refractivity contribution in [1.29, 1.82) is 0 Å². The van der Waals surface area contributed by atoms with Crippen molar-refractivity contribution in [3.8, 4) is 5.75 Å². The van der Waals surface area contributed by atoms with Gasteiger partial charge in [-0.1, -0.05) is 13.8 Å². The first-order valence-corrected chi connectivity index (χ1v) is 11.3. The Hall–Kier alpha value is -1.64. The van der Waals surface area contributed by atoms with Crippen molar-refractivity contribution in [2.75, 3.05) is 33.3 Å². The van der Waals surface area contributed by atoms with Crippen LogP contribution in [0.4, 0.5) is 0 Å². The summed E-state index contributed by atoms with van der Waals surface area (Å²) in [7, 11) is -2.19. The number of likely N-dealkylation sites (tertiary alicyclic amines) is 1. The van der Waals surface area contributed by atoms with Gasteiger partial charge >= 0.3 is 0 Å². The molecule has 0 saturated carbocycles. The highest BCUT2D eigenvalue weighted by Gasteiger charge is 2.24. The fourth-order valence-corrected chi connectivity index (χ4v) is 5.00. The van der Waals surface area contributed by atoms with E-state index in [2.05, 4.69) is 9.62 Å². The average Bonchev–Trinajstić information content (AvgIpc) is 2.64. The smallest absolute Gasteiger partial charge is 0.244 e. The number of piperidine rings is 1. The van der Waals surface area contributed by atoms with Gasteiger partial charge in [-0.15, -0.1) is 0 Å². The monoisotopic (exact) mass is 411 g/mol. The van der Waals surface area contributed by atoms with Crippen LogP contribution in [-0.4, -0.2) is 52.5 Å². The summed E-state index contributed by atoms with van der Waals surface area (Å²) in [6.45, 7) is 8.67. The molecule has 8 heteroatoms. The van der Waals surface area contributed by atoms with E-state index in [-0.39, 0.29) is 22.6 Å². The number of methoxy groups -OCH3 is 1. The predicted octanol–water partition coefficient (Wildman–Crippen LogP) is 1.99. The number of amides is 1. The van der Waals surface area contributed by atoms with Gasteiger partial charge in [-0.05, 0) is 68.5 Å². The van der Waals surface area contributed by atoms with E-state index in [1.54, 1.807) is 12.1 Å². The lowest BCUT2D eigenvalue weighted by atomic mass is 9.97. The molecule has 1 aliphatic heterocycles. The average molecular weight is 412 g/mol. The number of sulfonamides is 1. The van der Waals surface area contributed by atoms with Crippen LogP contribution in [0.2, 0.25) is 0 Å². The predicted molar refractivity (Wildman–Crippen MR) is 110 cm³/mol. The van der Waals surface area contributed by atoms with Gasteiger partial charge < -0.3 is 15.4 Å². The van der Waals surface area contributed by atoms with Gasteiger partial charge in [0.05, 0.1) is 13.0 Å². The van der Waals surface area contributed by atoms with Crippen molar-refractivity contribution in [1.82, 2.24) is 9.62 Å². The number of hydrogen-bond acceptors (Lipinski definition) is 5. The number of nitrogens with one attached hydrogen (secondary N) is 1. The molecule has 1 atom stereocenters. The number of ether oxygens (including phenoxy) is 1. The second-order valence-electron chi connectivity index (χ2n) is 7.81. The first-order chi connectivity index (χ1) is 13.2. The van der Waals surface area contributed by atoms with Crippen molar-refractivity contribution in [2.45, 2.75) is 50.8 Å². The molecule has 1 amide bonds. The number of nitrogens with zero attached hydrogens (tertiary/aromatic N) is 1. The molecule has 0 spiro atoms. The first-order valence-electron chi connectivity index (χ1n) is 9.85. The molecule has 1 fully saturated rings. The molecule has 2 rings (SSSR count). The molecule has 3 N–H and O–H groups in total. The van der Waals surface area contributed by atoms with Crippen LogP contribution in [0.15, 0.2) is 17.0 Å². The summed E-state index contributed by atoms with van der Waals surface area (Å²) in [5.41, 5.74) is 7.41. The summed E-state index contributed by atoms with van der Waals surface area (Å²) in [4.78, 5) is 13.7. The van der Waals surface area contributed by atoms with Gasteiger partial charge in [-0.25, -0.2) is 13.1 Å². The van der Waals surface area contributed by atoms with E-state index in [1.807, 2.05) is 20.8 Å². The van der Waals surface area contributed by atoms with Crippen LogP contribution >= 0.6 is 0 Å². The fraction of sp³-hybridized carbons (Fsp3) is 0.650. The number of nitrogens with two attached hydrogens (primary N) is 1. The zero-order valence-electron chi connectivity index (χ0n) is 17.3. The lowest BCUT2D eigenvalue weighted by molar-refractivity contribution is -0.123. The molecule has 0 aromatic heterocycles. The standard InChI is InChI=1S/C20H33N3O4S/c1-14(2)17-12-19(18(27-4)11-15(17)3)28(25,26)22-8-6-10-23-9-5-7-16(13-23)20(21)24/h11-12,14,16,22H,5-10,13H2,1-4H3,(H2,21,24)/t16-/m1/s1. The molecule has 28 heavy (non-hydrogen) atoms. The van der Waals surface area contributed by atoms with Crippen LogP contribution < -0.4 is 15.2 Å². The van der Waals surface area contributed by atoms with E-state index in [4.69, 9.17) is 10.5 Å². The molecule has 0 radical (unpaired) electrons. The number of hydrogen-bond donors (Lipinski definition) is 2. The van der Waals surface area contributed by atoms with Crippen molar-refractivity contribution < 1.29 is 17.9 Å². The van der Waals surface area contributed by atoms with Crippen molar-refractivity contribution in [2.24, 2.45) is 11.7 Å². The second-order valence-corrected chi connectivity index (χ2v) is 9.54. The molecule has 1 aliphatic rings. The van der Waals surface area contributed by atoms with E-state index in [0.717, 1.165) is 37.1 Å². The van der Waals surface area contributed by atoms with E-state index < -0.39 is 10.0 Å². The Labute approximate surface area is 168 Å². The van der Waals surface area contributed by atoms with Gasteiger partial charge in [0.25, 0.3) is 0 Å². The Balaban J connectivity index is 1.98. The van der Waals surface area contributed by atoms with Gasteiger partial charge in [0.1, 0.15) is 10.6 Å². The maximum atomic E-state index is 12.8. The number of aryl methyl sites for hydroxylation is 1. The van der Waals surface area contributed by atoms with Crippen molar-refractivity contribution in [3.63, 3.8) is 0 Å². The van der Waals surface area contributed by atoms with Gasteiger partial charge in [0.2, 0.25) is 15.9 Å². The zero-order valence-corrected chi connectivity index (χ0v) is 18.1. The highest BCUT2D eigenvalue weighted by molar-refractivity contribution is 7.89. The topological polar surface area (TPSA) is 102 Å². The number of primary amides is 1. The number of rotatable bonds is 9. The third-order valence-electron chi connectivity index (χ3n) is 5.31. The van der Waals surface area contributed by atoms with Crippen LogP contribution in [0, 0.1) is 12.8 Å². The molecule has 1 saturated heterocycles.